The molecule has 0 radical (unpaired) electrons. The predicted molar refractivity (Wildman–Crippen MR) is 99.0 cm³/mol. The van der Waals surface area contributed by atoms with Gasteiger partial charge in [0.05, 0.1) is 0 Å². The summed E-state index contributed by atoms with van der Waals surface area (Å²) in [4.78, 5) is 27.3. The fraction of sp³-hybridized carbons (Fsp3) is 0.500. The van der Waals surface area contributed by atoms with Gasteiger partial charge in [0.15, 0.2) is 0 Å². The molecule has 1 aliphatic rings. The number of benzene rings is 1. The van der Waals surface area contributed by atoms with E-state index in [4.69, 9.17) is 0 Å². The largest absolute Gasteiger partial charge is 0.361 e. The molecule has 3 rings (SSSR count). The lowest BCUT2D eigenvalue weighted by molar-refractivity contribution is -0.126. The number of nitrogens with one attached hydrogen (secondary N) is 3. The molecule has 0 atom stereocenters. The smallest absolute Gasteiger partial charge is 0.220 e. The van der Waals surface area contributed by atoms with E-state index >= 15 is 0 Å². The highest BCUT2D eigenvalue weighted by Gasteiger charge is 2.15. The van der Waals surface area contributed by atoms with Crippen LogP contribution in [0.1, 0.15) is 56.9 Å². The number of amides is 2. The second kappa shape index (κ2) is 8.70. The van der Waals surface area contributed by atoms with Crippen LogP contribution >= 0.6 is 0 Å². The van der Waals surface area contributed by atoms with E-state index in [0.717, 1.165) is 29.3 Å². The highest BCUT2D eigenvalue weighted by atomic mass is 16.2. The van der Waals surface area contributed by atoms with Crippen molar-refractivity contribution in [2.24, 2.45) is 0 Å². The summed E-state index contributed by atoms with van der Waals surface area (Å²) in [6.07, 6.45) is 9.45. The van der Waals surface area contributed by atoms with Crippen LogP contribution < -0.4 is 10.6 Å². The number of aromatic amines is 1. The predicted octanol–water partition coefficient (Wildman–Crippen LogP) is 3.40. The van der Waals surface area contributed by atoms with Crippen molar-refractivity contribution in [3.05, 3.63) is 36.0 Å². The lowest BCUT2D eigenvalue weighted by Gasteiger charge is -2.16. The molecule has 5 nitrogen and oxygen atoms in total. The first kappa shape index (κ1) is 17.5. The van der Waals surface area contributed by atoms with Crippen molar-refractivity contribution in [1.29, 1.82) is 0 Å². The zero-order chi connectivity index (χ0) is 17.5. The maximum absolute atomic E-state index is 12.0. The number of hydrogen-bond donors (Lipinski definition) is 3. The summed E-state index contributed by atoms with van der Waals surface area (Å²) < 4.78 is 0. The van der Waals surface area contributed by atoms with Gasteiger partial charge in [0, 0.05) is 42.5 Å². The SMILES string of the molecule is O=C(CCC(=O)NC1CCCCCC1)NCc1cccc2[nH]ccc12. The van der Waals surface area contributed by atoms with Gasteiger partial charge in [0.25, 0.3) is 0 Å². The Kier molecular flexibility index (Phi) is 6.09. The third-order valence-electron chi connectivity index (χ3n) is 4.96. The summed E-state index contributed by atoms with van der Waals surface area (Å²) in [5.74, 6) is -0.0849. The molecule has 3 N–H and O–H groups in total. The number of rotatable bonds is 6. The molecule has 25 heavy (non-hydrogen) atoms. The highest BCUT2D eigenvalue weighted by Crippen LogP contribution is 2.18. The van der Waals surface area contributed by atoms with Crippen LogP contribution in [0.25, 0.3) is 10.9 Å². The lowest BCUT2D eigenvalue weighted by atomic mass is 10.1. The molecule has 2 amide bonds. The fourth-order valence-electron chi connectivity index (χ4n) is 3.54. The van der Waals surface area contributed by atoms with Crippen molar-refractivity contribution < 1.29 is 9.59 Å². The van der Waals surface area contributed by atoms with Gasteiger partial charge in [-0.15, -0.1) is 0 Å². The topological polar surface area (TPSA) is 74.0 Å². The van der Waals surface area contributed by atoms with Gasteiger partial charge >= 0.3 is 0 Å². The first-order chi connectivity index (χ1) is 12.2. The van der Waals surface area contributed by atoms with Crippen molar-refractivity contribution in [1.82, 2.24) is 15.6 Å². The minimum atomic E-state index is -0.0800. The normalized spacial score (nSPS) is 15.7. The number of carbonyl (C=O) groups is 2. The number of H-pyrrole nitrogens is 1. The molecular formula is C20H27N3O2. The van der Waals surface area contributed by atoms with E-state index in [-0.39, 0.29) is 24.7 Å². The minimum Gasteiger partial charge on any atom is -0.361 e. The van der Waals surface area contributed by atoms with Crippen LogP contribution in [-0.4, -0.2) is 22.8 Å². The van der Waals surface area contributed by atoms with E-state index in [0.29, 0.717) is 12.6 Å². The fourth-order valence-corrected chi connectivity index (χ4v) is 3.54. The third-order valence-corrected chi connectivity index (χ3v) is 4.96. The molecule has 0 bridgehead atoms. The minimum absolute atomic E-state index is 0.00483. The summed E-state index contributed by atoms with van der Waals surface area (Å²) in [6.45, 7) is 0.484. The zero-order valence-corrected chi connectivity index (χ0v) is 14.6. The molecule has 1 heterocycles. The monoisotopic (exact) mass is 341 g/mol. The van der Waals surface area contributed by atoms with Crippen LogP contribution in [0, 0.1) is 0 Å². The first-order valence-electron chi connectivity index (χ1n) is 9.33. The average molecular weight is 341 g/mol. The third kappa shape index (κ3) is 5.08. The van der Waals surface area contributed by atoms with E-state index in [1.807, 2.05) is 30.5 Å². The lowest BCUT2D eigenvalue weighted by Crippen LogP contribution is -2.35. The van der Waals surface area contributed by atoms with Gasteiger partial charge in [-0.1, -0.05) is 37.8 Å². The van der Waals surface area contributed by atoms with Crippen LogP contribution in [-0.2, 0) is 16.1 Å². The Morgan fingerprint density at radius 2 is 1.76 bits per heavy atom. The molecule has 2 aromatic rings. The van der Waals surface area contributed by atoms with Crippen LogP contribution in [0.15, 0.2) is 30.5 Å². The Hall–Kier alpha value is -2.30. The molecule has 0 unspecified atom stereocenters. The molecule has 1 fully saturated rings. The summed E-state index contributed by atoms with van der Waals surface area (Å²) in [7, 11) is 0. The molecule has 1 aliphatic carbocycles. The van der Waals surface area contributed by atoms with Crippen LogP contribution in [0.5, 0.6) is 0 Å². The Morgan fingerprint density at radius 3 is 2.56 bits per heavy atom. The van der Waals surface area contributed by atoms with Gasteiger partial charge in [0.1, 0.15) is 0 Å². The molecule has 0 spiro atoms. The summed E-state index contributed by atoms with van der Waals surface area (Å²) in [6, 6.07) is 8.30. The average Bonchev–Trinajstić information content (AvgIpc) is 2.96. The van der Waals surface area contributed by atoms with Gasteiger partial charge in [-0.3, -0.25) is 9.59 Å². The van der Waals surface area contributed by atoms with Gasteiger partial charge in [-0.05, 0) is 30.5 Å². The second-order valence-electron chi connectivity index (χ2n) is 6.89. The van der Waals surface area contributed by atoms with E-state index in [1.165, 1.54) is 25.7 Å². The number of hydrogen-bond acceptors (Lipinski definition) is 2. The number of carbonyl (C=O) groups excluding carboxylic acids is 2. The molecule has 5 heteroatoms. The first-order valence-corrected chi connectivity index (χ1v) is 9.33. The van der Waals surface area contributed by atoms with Crippen LogP contribution in [0.2, 0.25) is 0 Å². The van der Waals surface area contributed by atoms with Crippen molar-refractivity contribution in [3.63, 3.8) is 0 Å². The van der Waals surface area contributed by atoms with Crippen molar-refractivity contribution in [3.8, 4) is 0 Å². The van der Waals surface area contributed by atoms with Crippen LogP contribution in [0.3, 0.4) is 0 Å². The Labute approximate surface area is 148 Å². The van der Waals surface area contributed by atoms with Crippen molar-refractivity contribution >= 4 is 22.7 Å². The Balaban J connectivity index is 1.40. The zero-order valence-electron chi connectivity index (χ0n) is 14.6. The molecule has 0 aliphatic heterocycles. The summed E-state index contributed by atoms with van der Waals surface area (Å²) >= 11 is 0. The van der Waals surface area contributed by atoms with Crippen molar-refractivity contribution in [2.45, 2.75) is 64.0 Å². The second-order valence-corrected chi connectivity index (χ2v) is 6.89. The van der Waals surface area contributed by atoms with Gasteiger partial charge in [-0.2, -0.15) is 0 Å². The molecule has 0 saturated heterocycles. The maximum atomic E-state index is 12.0. The number of aromatic nitrogens is 1. The molecule has 134 valence electrons. The Morgan fingerprint density at radius 1 is 1.00 bits per heavy atom. The molecular weight excluding hydrogens is 314 g/mol. The molecule has 1 saturated carbocycles. The summed E-state index contributed by atoms with van der Waals surface area (Å²) in [5.41, 5.74) is 2.14. The van der Waals surface area contributed by atoms with E-state index < -0.39 is 0 Å². The quantitative estimate of drug-likeness (QED) is 0.705. The summed E-state index contributed by atoms with van der Waals surface area (Å²) in [5, 5.41) is 7.12. The molecule has 1 aromatic heterocycles. The van der Waals surface area contributed by atoms with Gasteiger partial charge < -0.3 is 15.6 Å². The standard InChI is InChI=1S/C20H27N3O2/c24-19(10-11-20(25)23-16-7-3-1-2-4-8-16)22-14-15-6-5-9-18-17(15)12-13-21-18/h5-6,9,12-13,16,21H,1-4,7-8,10-11,14H2,(H,22,24)(H,23,25). The number of fused-ring (bicyclic) bond motifs is 1. The highest BCUT2D eigenvalue weighted by molar-refractivity contribution is 5.85. The Bertz CT molecular complexity index is 715. The van der Waals surface area contributed by atoms with Gasteiger partial charge in [0.2, 0.25) is 11.8 Å². The van der Waals surface area contributed by atoms with Crippen molar-refractivity contribution in [2.75, 3.05) is 0 Å². The van der Waals surface area contributed by atoms with E-state index in [1.54, 1.807) is 0 Å². The van der Waals surface area contributed by atoms with E-state index in [9.17, 15) is 9.59 Å². The van der Waals surface area contributed by atoms with Gasteiger partial charge in [-0.25, -0.2) is 0 Å². The maximum Gasteiger partial charge on any atom is 0.220 e. The molecule has 1 aromatic carbocycles. The van der Waals surface area contributed by atoms with E-state index in [2.05, 4.69) is 15.6 Å². The van der Waals surface area contributed by atoms with Crippen LogP contribution in [0.4, 0.5) is 0 Å².